The Morgan fingerprint density at radius 2 is 1.89 bits per heavy atom. The van der Waals surface area contributed by atoms with E-state index in [0.717, 1.165) is 29.9 Å². The van der Waals surface area contributed by atoms with Gasteiger partial charge in [-0.15, -0.1) is 5.11 Å². The fourth-order valence-corrected chi connectivity index (χ4v) is 3.00. The highest BCUT2D eigenvalue weighted by molar-refractivity contribution is 5.53. The predicted octanol–water partition coefficient (Wildman–Crippen LogP) is 3.65. The van der Waals surface area contributed by atoms with Gasteiger partial charge in [-0.05, 0) is 25.3 Å². The van der Waals surface area contributed by atoms with Gasteiger partial charge in [0.2, 0.25) is 0 Å². The van der Waals surface area contributed by atoms with Crippen LogP contribution in [0.1, 0.15) is 32.3 Å². The number of hydrogen-bond acceptors (Lipinski definition) is 3. The fraction of sp³-hybridized carbons (Fsp3) is 0.333. The second-order valence-electron chi connectivity index (χ2n) is 5.23. The second-order valence-corrected chi connectivity index (χ2v) is 5.23. The number of benzene rings is 1. The molecule has 18 heavy (non-hydrogen) atoms. The maximum Gasteiger partial charge on any atom is 0.110 e. The number of rotatable bonds is 1. The number of allylic oxidation sites excluding steroid dienone is 3. The predicted molar refractivity (Wildman–Crippen MR) is 71.8 cm³/mol. The van der Waals surface area contributed by atoms with Crippen molar-refractivity contribution in [2.75, 3.05) is 0 Å². The fourth-order valence-electron chi connectivity index (χ4n) is 3.00. The maximum absolute atomic E-state index is 6.07. The molecule has 0 aromatic heterocycles. The minimum absolute atomic E-state index is 0.0208. The highest BCUT2D eigenvalue weighted by Gasteiger charge is 2.40. The molecule has 1 aromatic carbocycles. The van der Waals surface area contributed by atoms with Crippen molar-refractivity contribution in [2.24, 2.45) is 16.0 Å². The van der Waals surface area contributed by atoms with E-state index in [1.807, 2.05) is 13.0 Å². The van der Waals surface area contributed by atoms with Gasteiger partial charge in [-0.3, -0.25) is 0 Å². The van der Waals surface area contributed by atoms with Crippen LogP contribution < -0.4 is 5.73 Å². The van der Waals surface area contributed by atoms with Crippen LogP contribution in [0.15, 0.2) is 63.2 Å². The van der Waals surface area contributed by atoms with E-state index in [4.69, 9.17) is 5.73 Å². The van der Waals surface area contributed by atoms with Crippen LogP contribution >= 0.6 is 0 Å². The molecule has 92 valence electrons. The Morgan fingerprint density at radius 3 is 2.61 bits per heavy atom. The highest BCUT2D eigenvalue weighted by atomic mass is 15.2. The van der Waals surface area contributed by atoms with Gasteiger partial charge in [0.1, 0.15) is 5.70 Å². The van der Waals surface area contributed by atoms with Gasteiger partial charge >= 0.3 is 0 Å². The largest absolute Gasteiger partial charge is 0.400 e. The molecular weight excluding hydrogens is 222 g/mol. The van der Waals surface area contributed by atoms with Crippen LogP contribution in [0.3, 0.4) is 0 Å². The number of hydrogen-bond donors (Lipinski definition) is 1. The zero-order valence-electron chi connectivity index (χ0n) is 10.8. The molecule has 1 aliphatic carbocycles. The molecular formula is C15H17N3. The third-order valence-electron chi connectivity index (χ3n) is 4.06. The van der Waals surface area contributed by atoms with Crippen LogP contribution in [0, 0.1) is 0 Å². The minimum atomic E-state index is -0.0208. The molecule has 3 nitrogen and oxygen atoms in total. The summed E-state index contributed by atoms with van der Waals surface area (Å²) >= 11 is 0. The molecule has 0 spiro atoms. The summed E-state index contributed by atoms with van der Waals surface area (Å²) in [5.74, 6) is 0. The van der Waals surface area contributed by atoms with Gasteiger partial charge in [-0.25, -0.2) is 0 Å². The Labute approximate surface area is 107 Å². The standard InChI is InChI=1S/C15H17N3/c1-10-13-14(18-17-10)12(16)8-9-15(13,2)11-6-4-3-5-7-11/h3-7H,8-9,16H2,1-2H3. The second kappa shape index (κ2) is 3.80. The van der Waals surface area contributed by atoms with Gasteiger partial charge in [0.05, 0.1) is 5.70 Å². The Balaban J connectivity index is 2.19. The zero-order chi connectivity index (χ0) is 12.8. The summed E-state index contributed by atoms with van der Waals surface area (Å²) in [6.07, 6.45) is 1.90. The summed E-state index contributed by atoms with van der Waals surface area (Å²) < 4.78 is 0. The molecule has 0 amide bonds. The monoisotopic (exact) mass is 239 g/mol. The normalized spacial score (nSPS) is 26.8. The summed E-state index contributed by atoms with van der Waals surface area (Å²) in [5.41, 5.74) is 11.4. The van der Waals surface area contributed by atoms with Crippen molar-refractivity contribution in [1.29, 1.82) is 0 Å². The van der Waals surface area contributed by atoms with E-state index in [-0.39, 0.29) is 5.41 Å². The van der Waals surface area contributed by atoms with Gasteiger partial charge in [0.15, 0.2) is 0 Å². The number of azo groups is 1. The SMILES string of the molecule is CC1=C2C(=C(N)CCC2(C)c2ccccc2)N=N1. The van der Waals surface area contributed by atoms with Crippen LogP contribution in [-0.4, -0.2) is 0 Å². The molecule has 1 heterocycles. The molecule has 2 aliphatic rings. The van der Waals surface area contributed by atoms with E-state index in [2.05, 4.69) is 41.4 Å². The van der Waals surface area contributed by atoms with Crippen molar-refractivity contribution in [2.45, 2.75) is 32.1 Å². The first-order chi connectivity index (χ1) is 8.63. The van der Waals surface area contributed by atoms with E-state index in [0.29, 0.717) is 0 Å². The Bertz CT molecular complexity index is 581. The van der Waals surface area contributed by atoms with Crippen LogP contribution in [0.2, 0.25) is 0 Å². The van der Waals surface area contributed by atoms with Crippen LogP contribution in [0.5, 0.6) is 0 Å². The molecule has 0 bridgehead atoms. The Hall–Kier alpha value is -1.90. The lowest BCUT2D eigenvalue weighted by Crippen LogP contribution is -2.31. The van der Waals surface area contributed by atoms with Crippen molar-refractivity contribution in [3.05, 3.63) is 58.6 Å². The molecule has 0 fully saturated rings. The van der Waals surface area contributed by atoms with Crippen LogP contribution in [0.25, 0.3) is 0 Å². The molecule has 1 unspecified atom stereocenters. The molecule has 0 saturated heterocycles. The third kappa shape index (κ3) is 1.43. The Kier molecular flexibility index (Phi) is 2.37. The lowest BCUT2D eigenvalue weighted by Gasteiger charge is -2.36. The maximum atomic E-state index is 6.07. The average Bonchev–Trinajstić information content (AvgIpc) is 2.79. The van der Waals surface area contributed by atoms with Crippen LogP contribution in [-0.2, 0) is 5.41 Å². The number of nitrogens with two attached hydrogens (primary N) is 1. The quantitative estimate of drug-likeness (QED) is 0.799. The van der Waals surface area contributed by atoms with E-state index >= 15 is 0 Å². The summed E-state index contributed by atoms with van der Waals surface area (Å²) in [5, 5.41) is 8.47. The smallest absolute Gasteiger partial charge is 0.110 e. The van der Waals surface area contributed by atoms with Gasteiger partial charge in [-0.2, -0.15) is 5.11 Å². The third-order valence-corrected chi connectivity index (χ3v) is 4.06. The molecule has 0 radical (unpaired) electrons. The van der Waals surface area contributed by atoms with Gasteiger partial charge in [0.25, 0.3) is 0 Å². The highest BCUT2D eigenvalue weighted by Crippen LogP contribution is 2.49. The molecule has 0 saturated carbocycles. The van der Waals surface area contributed by atoms with Crippen LogP contribution in [0.4, 0.5) is 0 Å². The summed E-state index contributed by atoms with van der Waals surface area (Å²) in [6.45, 7) is 4.29. The Morgan fingerprint density at radius 1 is 1.17 bits per heavy atom. The first-order valence-corrected chi connectivity index (χ1v) is 6.30. The minimum Gasteiger partial charge on any atom is -0.400 e. The average molecular weight is 239 g/mol. The summed E-state index contributed by atoms with van der Waals surface area (Å²) in [7, 11) is 0. The molecule has 3 rings (SSSR count). The summed E-state index contributed by atoms with van der Waals surface area (Å²) in [4.78, 5) is 0. The van der Waals surface area contributed by atoms with Crippen molar-refractivity contribution in [1.82, 2.24) is 0 Å². The van der Waals surface area contributed by atoms with E-state index in [1.165, 1.54) is 11.1 Å². The first kappa shape index (κ1) is 11.2. The molecule has 2 N–H and O–H groups in total. The van der Waals surface area contributed by atoms with Crippen molar-refractivity contribution in [3.8, 4) is 0 Å². The van der Waals surface area contributed by atoms with Crippen molar-refractivity contribution >= 4 is 0 Å². The molecule has 3 heteroatoms. The lowest BCUT2D eigenvalue weighted by atomic mass is 9.68. The van der Waals surface area contributed by atoms with Gasteiger partial charge in [-0.1, -0.05) is 37.3 Å². The molecule has 1 atom stereocenters. The molecule has 1 aliphatic heterocycles. The lowest BCUT2D eigenvalue weighted by molar-refractivity contribution is 0.488. The topological polar surface area (TPSA) is 50.7 Å². The van der Waals surface area contributed by atoms with Gasteiger partial charge in [0, 0.05) is 16.7 Å². The van der Waals surface area contributed by atoms with E-state index in [1.54, 1.807) is 0 Å². The van der Waals surface area contributed by atoms with Gasteiger partial charge < -0.3 is 5.73 Å². The number of nitrogens with zero attached hydrogens (tertiary/aromatic N) is 2. The number of fused-ring (bicyclic) bond motifs is 1. The van der Waals surface area contributed by atoms with Crippen molar-refractivity contribution < 1.29 is 0 Å². The zero-order valence-corrected chi connectivity index (χ0v) is 10.8. The first-order valence-electron chi connectivity index (χ1n) is 6.30. The summed E-state index contributed by atoms with van der Waals surface area (Å²) in [6, 6.07) is 10.6. The van der Waals surface area contributed by atoms with E-state index in [9.17, 15) is 0 Å². The van der Waals surface area contributed by atoms with Crippen molar-refractivity contribution in [3.63, 3.8) is 0 Å². The molecule has 1 aromatic rings. The van der Waals surface area contributed by atoms with E-state index < -0.39 is 0 Å².